The third kappa shape index (κ3) is 4.91. The quantitative estimate of drug-likeness (QED) is 0.721. The van der Waals surface area contributed by atoms with Crippen LogP contribution in [0.25, 0.3) is 0 Å². The number of hydrogen-bond donors (Lipinski definition) is 1. The van der Waals surface area contributed by atoms with E-state index in [9.17, 15) is 17.6 Å². The van der Waals surface area contributed by atoms with Gasteiger partial charge in [-0.1, -0.05) is 12.1 Å². The minimum atomic E-state index is -3.83. The van der Waals surface area contributed by atoms with Crippen molar-refractivity contribution in [2.45, 2.75) is 16.3 Å². The zero-order valence-electron chi connectivity index (χ0n) is 15.4. The van der Waals surface area contributed by atoms with Gasteiger partial charge in [0.2, 0.25) is 10.0 Å². The number of halogens is 1. The monoisotopic (exact) mass is 424 g/mol. The van der Waals surface area contributed by atoms with E-state index in [0.717, 1.165) is 0 Å². The molecule has 3 rings (SSSR count). The molecule has 1 fully saturated rings. The molecule has 1 saturated heterocycles. The van der Waals surface area contributed by atoms with E-state index in [0.29, 0.717) is 42.3 Å². The van der Waals surface area contributed by atoms with Gasteiger partial charge in [-0.15, -0.1) is 11.8 Å². The number of carbonyl (C=O) groups excluding carboxylic acids is 1. The summed E-state index contributed by atoms with van der Waals surface area (Å²) in [6.45, 7) is 1.92. The number of nitrogens with one attached hydrogen (secondary N) is 1. The van der Waals surface area contributed by atoms with Crippen molar-refractivity contribution in [3.05, 3.63) is 59.4 Å². The molecule has 1 amide bonds. The maximum atomic E-state index is 13.0. The van der Waals surface area contributed by atoms with Crippen LogP contribution in [0.15, 0.2) is 52.3 Å². The van der Waals surface area contributed by atoms with Crippen molar-refractivity contribution in [2.24, 2.45) is 0 Å². The highest BCUT2D eigenvalue weighted by molar-refractivity contribution is 7.98. The molecule has 0 atom stereocenters. The Morgan fingerprint density at radius 2 is 1.86 bits per heavy atom. The summed E-state index contributed by atoms with van der Waals surface area (Å²) in [5, 5.41) is 0. The van der Waals surface area contributed by atoms with Crippen LogP contribution in [-0.4, -0.2) is 51.8 Å². The first kappa shape index (κ1) is 20.8. The number of thioether (sulfide) groups is 1. The minimum Gasteiger partial charge on any atom is -0.378 e. The average Bonchev–Trinajstić information content (AvgIpc) is 2.73. The summed E-state index contributed by atoms with van der Waals surface area (Å²) in [6, 6.07) is 10.1. The van der Waals surface area contributed by atoms with Gasteiger partial charge in [0.15, 0.2) is 0 Å². The standard InChI is InChI=1S/C19H21FN2O4S2/c1-27-18-7-6-16(12-17(18)19(23)22-8-10-26-11-9-22)28(24,25)21-13-14-2-4-15(20)5-3-14/h2-7,12,21H,8-11,13H2,1H3. The molecule has 0 spiro atoms. The molecule has 1 N–H and O–H groups in total. The smallest absolute Gasteiger partial charge is 0.255 e. The molecule has 28 heavy (non-hydrogen) atoms. The lowest BCUT2D eigenvalue weighted by Gasteiger charge is -2.27. The number of ether oxygens (including phenoxy) is 1. The van der Waals surface area contributed by atoms with Crippen LogP contribution >= 0.6 is 11.8 Å². The van der Waals surface area contributed by atoms with Crippen LogP contribution in [0.3, 0.4) is 0 Å². The number of hydrogen-bond acceptors (Lipinski definition) is 5. The van der Waals surface area contributed by atoms with Gasteiger partial charge in [-0.3, -0.25) is 4.79 Å². The molecule has 0 aliphatic carbocycles. The van der Waals surface area contributed by atoms with Gasteiger partial charge in [0.25, 0.3) is 5.91 Å². The van der Waals surface area contributed by atoms with Crippen LogP contribution in [0.2, 0.25) is 0 Å². The van der Waals surface area contributed by atoms with E-state index in [4.69, 9.17) is 4.74 Å². The molecule has 1 aliphatic heterocycles. The highest BCUT2D eigenvalue weighted by Crippen LogP contribution is 2.25. The van der Waals surface area contributed by atoms with E-state index in [1.165, 1.54) is 48.2 Å². The zero-order valence-corrected chi connectivity index (χ0v) is 17.0. The van der Waals surface area contributed by atoms with Crippen molar-refractivity contribution >= 4 is 27.7 Å². The summed E-state index contributed by atoms with van der Waals surface area (Å²) in [4.78, 5) is 15.3. The van der Waals surface area contributed by atoms with E-state index >= 15 is 0 Å². The third-order valence-corrected chi connectivity index (χ3v) is 6.58. The number of morpholine rings is 1. The molecule has 0 radical (unpaired) electrons. The Balaban J connectivity index is 1.82. The van der Waals surface area contributed by atoms with Crippen molar-refractivity contribution in [3.63, 3.8) is 0 Å². The van der Waals surface area contributed by atoms with E-state index in [-0.39, 0.29) is 23.2 Å². The Morgan fingerprint density at radius 1 is 1.18 bits per heavy atom. The van der Waals surface area contributed by atoms with E-state index in [1.54, 1.807) is 11.0 Å². The lowest BCUT2D eigenvalue weighted by molar-refractivity contribution is 0.0300. The maximum absolute atomic E-state index is 13.0. The topological polar surface area (TPSA) is 75.7 Å². The summed E-state index contributed by atoms with van der Waals surface area (Å²) in [6.07, 6.45) is 1.84. The second kappa shape index (κ2) is 9.04. The van der Waals surface area contributed by atoms with Crippen molar-refractivity contribution in [1.82, 2.24) is 9.62 Å². The molecule has 9 heteroatoms. The van der Waals surface area contributed by atoms with Gasteiger partial charge in [-0.05, 0) is 42.2 Å². The number of benzene rings is 2. The Hall–Kier alpha value is -1.94. The fourth-order valence-electron chi connectivity index (χ4n) is 2.82. The molecule has 0 bridgehead atoms. The van der Waals surface area contributed by atoms with Crippen molar-refractivity contribution in [1.29, 1.82) is 0 Å². The van der Waals surface area contributed by atoms with Crippen LogP contribution in [0.1, 0.15) is 15.9 Å². The summed E-state index contributed by atoms with van der Waals surface area (Å²) in [7, 11) is -3.83. The van der Waals surface area contributed by atoms with Gasteiger partial charge < -0.3 is 9.64 Å². The van der Waals surface area contributed by atoms with E-state index in [2.05, 4.69) is 4.72 Å². The summed E-state index contributed by atoms with van der Waals surface area (Å²) in [5.74, 6) is -0.589. The number of sulfonamides is 1. The number of rotatable bonds is 6. The molecular weight excluding hydrogens is 403 g/mol. The molecule has 1 aliphatic rings. The summed E-state index contributed by atoms with van der Waals surface area (Å²) in [5.41, 5.74) is 0.995. The first-order valence-corrected chi connectivity index (χ1v) is 11.4. The second-order valence-corrected chi connectivity index (χ2v) is 8.83. The summed E-state index contributed by atoms with van der Waals surface area (Å²) >= 11 is 1.39. The first-order chi connectivity index (χ1) is 13.4. The highest BCUT2D eigenvalue weighted by Gasteiger charge is 2.24. The SMILES string of the molecule is CSc1ccc(S(=O)(=O)NCc2ccc(F)cc2)cc1C(=O)N1CCOCC1. The van der Waals surface area contributed by atoms with Crippen molar-refractivity contribution in [2.75, 3.05) is 32.6 Å². The van der Waals surface area contributed by atoms with Crippen LogP contribution < -0.4 is 4.72 Å². The Labute approximate surface area is 168 Å². The average molecular weight is 425 g/mol. The molecule has 1 heterocycles. The van der Waals surface area contributed by atoms with Crippen molar-refractivity contribution in [3.8, 4) is 0 Å². The molecule has 150 valence electrons. The Bertz CT molecular complexity index is 943. The molecule has 0 unspecified atom stereocenters. The zero-order chi connectivity index (χ0) is 20.1. The predicted octanol–water partition coefficient (Wildman–Crippen LogP) is 2.50. The number of nitrogens with zero attached hydrogens (tertiary/aromatic N) is 1. The Kier molecular flexibility index (Phi) is 6.71. The molecule has 2 aromatic rings. The van der Waals surface area contributed by atoms with Gasteiger partial charge in [-0.2, -0.15) is 0 Å². The fraction of sp³-hybridized carbons (Fsp3) is 0.316. The third-order valence-electron chi connectivity index (χ3n) is 4.39. The van der Waals surface area contributed by atoms with Gasteiger partial charge >= 0.3 is 0 Å². The molecule has 2 aromatic carbocycles. The van der Waals surface area contributed by atoms with Crippen LogP contribution in [0.4, 0.5) is 4.39 Å². The largest absolute Gasteiger partial charge is 0.378 e. The van der Waals surface area contributed by atoms with E-state index < -0.39 is 10.0 Å². The molecule has 0 saturated carbocycles. The van der Waals surface area contributed by atoms with Crippen LogP contribution in [0, 0.1) is 5.82 Å². The molecular formula is C19H21FN2O4S2. The van der Waals surface area contributed by atoms with Gasteiger partial charge in [-0.25, -0.2) is 17.5 Å². The molecule has 0 aromatic heterocycles. The second-order valence-electron chi connectivity index (χ2n) is 6.22. The lowest BCUT2D eigenvalue weighted by atomic mass is 10.2. The number of amides is 1. The van der Waals surface area contributed by atoms with Gasteiger partial charge in [0, 0.05) is 24.5 Å². The summed E-state index contributed by atoms with van der Waals surface area (Å²) < 4.78 is 46.1. The normalized spacial score (nSPS) is 14.9. The van der Waals surface area contributed by atoms with E-state index in [1.807, 2.05) is 6.26 Å². The van der Waals surface area contributed by atoms with Crippen molar-refractivity contribution < 1.29 is 22.3 Å². The first-order valence-electron chi connectivity index (χ1n) is 8.70. The highest BCUT2D eigenvalue weighted by atomic mass is 32.2. The van der Waals surface area contributed by atoms with Crippen LogP contribution in [-0.2, 0) is 21.3 Å². The Morgan fingerprint density at radius 3 is 2.50 bits per heavy atom. The van der Waals surface area contributed by atoms with Gasteiger partial charge in [0.05, 0.1) is 23.7 Å². The number of carbonyl (C=O) groups is 1. The fourth-order valence-corrected chi connectivity index (χ4v) is 4.44. The minimum absolute atomic E-state index is 0.0176. The lowest BCUT2D eigenvalue weighted by Crippen LogP contribution is -2.41. The predicted molar refractivity (Wildman–Crippen MR) is 105 cm³/mol. The van der Waals surface area contributed by atoms with Gasteiger partial charge in [0.1, 0.15) is 5.82 Å². The maximum Gasteiger partial charge on any atom is 0.255 e. The van der Waals surface area contributed by atoms with Crippen LogP contribution in [0.5, 0.6) is 0 Å². The molecule has 6 nitrogen and oxygen atoms in total.